The van der Waals surface area contributed by atoms with Gasteiger partial charge in [-0.1, -0.05) is 12.1 Å². The number of ether oxygens (including phenoxy) is 3. The molecule has 1 N–H and O–H groups in total. The molecule has 0 atom stereocenters. The maximum Gasteiger partial charge on any atom is 0.341 e. The van der Waals surface area contributed by atoms with E-state index < -0.39 is 24.5 Å². The molecule has 0 radical (unpaired) electrons. The van der Waals surface area contributed by atoms with Crippen LogP contribution in [0.15, 0.2) is 24.3 Å². The first-order valence-electron chi connectivity index (χ1n) is 9.33. The second kappa shape index (κ2) is 9.56. The summed E-state index contributed by atoms with van der Waals surface area (Å²) in [5, 5.41) is 3.16. The van der Waals surface area contributed by atoms with E-state index in [1.807, 2.05) is 0 Å². The number of nitrogens with one attached hydrogen (secondary N) is 1. The van der Waals surface area contributed by atoms with Crippen LogP contribution in [-0.4, -0.2) is 38.7 Å². The van der Waals surface area contributed by atoms with Gasteiger partial charge < -0.3 is 19.5 Å². The molecule has 0 saturated heterocycles. The number of hydrogen-bond acceptors (Lipinski definition) is 7. The van der Waals surface area contributed by atoms with Crippen LogP contribution in [0.1, 0.15) is 39.2 Å². The van der Waals surface area contributed by atoms with Gasteiger partial charge in [-0.15, -0.1) is 11.3 Å². The molecule has 2 aromatic rings. The number of fused-ring (bicyclic) bond motifs is 1. The van der Waals surface area contributed by atoms with Gasteiger partial charge in [0.1, 0.15) is 10.8 Å². The molecule has 0 bridgehead atoms. The van der Waals surface area contributed by atoms with E-state index in [0.29, 0.717) is 16.3 Å². The standard InChI is InChI=1S/C21H23NO6S/c1-26-14-9-7-13(8-10-14)11-18(24)28-12-17(23)22-20-19(21(25)27-2)15-5-3-4-6-16(15)29-20/h7-10H,3-6,11-12H2,1-2H3,(H,22,23). The van der Waals surface area contributed by atoms with Gasteiger partial charge in [-0.3, -0.25) is 9.59 Å². The lowest BCUT2D eigenvalue weighted by Gasteiger charge is -2.11. The number of rotatable bonds is 7. The number of carbonyl (C=O) groups excluding carboxylic acids is 3. The smallest absolute Gasteiger partial charge is 0.341 e. The second-order valence-corrected chi connectivity index (χ2v) is 7.75. The second-order valence-electron chi connectivity index (χ2n) is 6.64. The Morgan fingerprint density at radius 2 is 1.79 bits per heavy atom. The number of hydrogen-bond donors (Lipinski definition) is 1. The number of esters is 2. The van der Waals surface area contributed by atoms with Crippen molar-refractivity contribution in [3.05, 3.63) is 45.8 Å². The molecule has 0 saturated carbocycles. The number of benzene rings is 1. The van der Waals surface area contributed by atoms with Crippen molar-refractivity contribution in [2.45, 2.75) is 32.1 Å². The van der Waals surface area contributed by atoms with Crippen molar-refractivity contribution in [2.75, 3.05) is 26.1 Å². The lowest BCUT2D eigenvalue weighted by Crippen LogP contribution is -2.22. The maximum atomic E-state index is 12.3. The van der Waals surface area contributed by atoms with Gasteiger partial charge in [0.15, 0.2) is 6.61 Å². The molecule has 29 heavy (non-hydrogen) atoms. The van der Waals surface area contributed by atoms with Gasteiger partial charge in [0, 0.05) is 4.88 Å². The molecular formula is C21H23NO6S. The Morgan fingerprint density at radius 3 is 2.48 bits per heavy atom. The highest BCUT2D eigenvalue weighted by Crippen LogP contribution is 2.38. The zero-order valence-electron chi connectivity index (χ0n) is 16.4. The third-order valence-electron chi connectivity index (χ3n) is 4.69. The summed E-state index contributed by atoms with van der Waals surface area (Å²) in [5.74, 6) is -0.765. The van der Waals surface area contributed by atoms with Crippen LogP contribution in [0.3, 0.4) is 0 Å². The van der Waals surface area contributed by atoms with Gasteiger partial charge in [0.25, 0.3) is 5.91 Å². The van der Waals surface area contributed by atoms with Crippen molar-refractivity contribution in [1.29, 1.82) is 0 Å². The molecule has 154 valence electrons. The van der Waals surface area contributed by atoms with Crippen LogP contribution in [0.4, 0.5) is 5.00 Å². The normalized spacial score (nSPS) is 12.6. The summed E-state index contributed by atoms with van der Waals surface area (Å²) in [4.78, 5) is 37.6. The van der Waals surface area contributed by atoms with Crippen molar-refractivity contribution < 1.29 is 28.6 Å². The van der Waals surface area contributed by atoms with E-state index in [0.717, 1.165) is 41.7 Å². The number of thiophene rings is 1. The van der Waals surface area contributed by atoms with E-state index in [4.69, 9.17) is 14.2 Å². The quantitative estimate of drug-likeness (QED) is 0.696. The molecule has 1 aliphatic rings. The summed E-state index contributed by atoms with van der Waals surface area (Å²) in [7, 11) is 2.89. The van der Waals surface area contributed by atoms with Crippen LogP contribution in [0.2, 0.25) is 0 Å². The first-order valence-corrected chi connectivity index (χ1v) is 10.1. The highest BCUT2D eigenvalue weighted by Gasteiger charge is 2.27. The first-order chi connectivity index (χ1) is 14.0. The Labute approximate surface area is 173 Å². The summed E-state index contributed by atoms with van der Waals surface area (Å²) in [6, 6.07) is 7.03. The van der Waals surface area contributed by atoms with E-state index in [1.165, 1.54) is 18.4 Å². The third-order valence-corrected chi connectivity index (χ3v) is 5.89. The SMILES string of the molecule is COC(=O)c1c(NC(=O)COC(=O)Cc2ccc(OC)cc2)sc2c1CCCC2. The molecule has 1 aliphatic carbocycles. The Hall–Kier alpha value is -2.87. The average Bonchev–Trinajstić information content (AvgIpc) is 3.10. The summed E-state index contributed by atoms with van der Waals surface area (Å²) in [6.07, 6.45) is 3.80. The molecular weight excluding hydrogens is 394 g/mol. The zero-order chi connectivity index (χ0) is 20.8. The summed E-state index contributed by atoms with van der Waals surface area (Å²) in [5.41, 5.74) is 2.14. The van der Waals surface area contributed by atoms with E-state index in [2.05, 4.69) is 5.32 Å². The lowest BCUT2D eigenvalue weighted by molar-refractivity contribution is -0.146. The number of anilines is 1. The number of aryl methyl sites for hydroxylation is 1. The van der Waals surface area contributed by atoms with Crippen molar-refractivity contribution in [3.8, 4) is 5.75 Å². The van der Waals surface area contributed by atoms with E-state index in [-0.39, 0.29) is 6.42 Å². The van der Waals surface area contributed by atoms with Crippen LogP contribution in [0, 0.1) is 0 Å². The van der Waals surface area contributed by atoms with Gasteiger partial charge >= 0.3 is 11.9 Å². The largest absolute Gasteiger partial charge is 0.497 e. The molecule has 3 rings (SSSR count). The van der Waals surface area contributed by atoms with Crippen LogP contribution in [-0.2, 0) is 38.3 Å². The number of carbonyl (C=O) groups is 3. The summed E-state index contributed by atoms with van der Waals surface area (Å²) < 4.78 is 15.0. The Morgan fingerprint density at radius 1 is 1.07 bits per heavy atom. The molecule has 1 amide bonds. The molecule has 1 aromatic carbocycles. The van der Waals surface area contributed by atoms with Gasteiger partial charge in [-0.2, -0.15) is 0 Å². The molecule has 7 nitrogen and oxygen atoms in total. The molecule has 0 aliphatic heterocycles. The van der Waals surface area contributed by atoms with Crippen molar-refractivity contribution in [3.63, 3.8) is 0 Å². The van der Waals surface area contributed by atoms with Crippen LogP contribution >= 0.6 is 11.3 Å². The molecule has 8 heteroatoms. The minimum absolute atomic E-state index is 0.0536. The fourth-order valence-electron chi connectivity index (χ4n) is 3.24. The highest BCUT2D eigenvalue weighted by molar-refractivity contribution is 7.17. The van der Waals surface area contributed by atoms with Crippen molar-refractivity contribution in [1.82, 2.24) is 0 Å². The van der Waals surface area contributed by atoms with Gasteiger partial charge in [0.2, 0.25) is 0 Å². The zero-order valence-corrected chi connectivity index (χ0v) is 17.2. The fraction of sp³-hybridized carbons (Fsp3) is 0.381. The highest BCUT2D eigenvalue weighted by atomic mass is 32.1. The Bertz CT molecular complexity index is 903. The third kappa shape index (κ3) is 5.14. The Kier molecular flexibility index (Phi) is 6.87. The Balaban J connectivity index is 1.58. The molecule has 1 heterocycles. The summed E-state index contributed by atoms with van der Waals surface area (Å²) >= 11 is 1.39. The van der Waals surface area contributed by atoms with E-state index in [1.54, 1.807) is 31.4 Å². The van der Waals surface area contributed by atoms with E-state index in [9.17, 15) is 14.4 Å². The van der Waals surface area contributed by atoms with Gasteiger partial charge in [-0.05, 0) is 48.9 Å². The van der Waals surface area contributed by atoms with Crippen LogP contribution in [0.25, 0.3) is 0 Å². The topological polar surface area (TPSA) is 90.9 Å². The monoisotopic (exact) mass is 417 g/mol. The molecule has 0 fully saturated rings. The van der Waals surface area contributed by atoms with Crippen LogP contribution < -0.4 is 10.1 Å². The predicted molar refractivity (Wildman–Crippen MR) is 109 cm³/mol. The van der Waals surface area contributed by atoms with Crippen LogP contribution in [0.5, 0.6) is 5.75 Å². The van der Waals surface area contributed by atoms with E-state index >= 15 is 0 Å². The van der Waals surface area contributed by atoms with Crippen molar-refractivity contribution >= 4 is 34.2 Å². The van der Waals surface area contributed by atoms with Gasteiger partial charge in [0.05, 0.1) is 26.2 Å². The maximum absolute atomic E-state index is 12.3. The minimum atomic E-state index is -0.510. The predicted octanol–water partition coefficient (Wildman–Crippen LogP) is 3.15. The average molecular weight is 417 g/mol. The fourth-order valence-corrected chi connectivity index (χ4v) is 4.54. The summed E-state index contributed by atoms with van der Waals surface area (Å²) in [6.45, 7) is -0.418. The first kappa shape index (κ1) is 20.9. The van der Waals surface area contributed by atoms with Crippen molar-refractivity contribution in [2.24, 2.45) is 0 Å². The molecule has 0 spiro atoms. The number of methoxy groups -OCH3 is 2. The van der Waals surface area contributed by atoms with Gasteiger partial charge in [-0.25, -0.2) is 4.79 Å². The minimum Gasteiger partial charge on any atom is -0.497 e. The lowest BCUT2D eigenvalue weighted by atomic mass is 9.95. The molecule has 0 unspecified atom stereocenters. The molecule has 1 aromatic heterocycles. The number of amides is 1.